The lowest BCUT2D eigenvalue weighted by atomic mass is 9.83. The largest absolute Gasteiger partial charge is 0.480 e. The van der Waals surface area contributed by atoms with Gasteiger partial charge in [0.05, 0.1) is 31.2 Å². The molecule has 2 aliphatic heterocycles. The number of carboxylic acids is 1. The first-order valence-electron chi connectivity index (χ1n) is 15.0. The molecule has 0 radical (unpaired) electrons. The van der Waals surface area contributed by atoms with Crippen LogP contribution in [0.4, 0.5) is 19.0 Å². The van der Waals surface area contributed by atoms with Crippen molar-refractivity contribution in [2.45, 2.75) is 62.7 Å². The molecule has 2 saturated carbocycles. The van der Waals surface area contributed by atoms with Crippen LogP contribution in [0.5, 0.6) is 0 Å². The molecule has 1 saturated heterocycles. The number of anilines is 1. The van der Waals surface area contributed by atoms with E-state index in [-0.39, 0.29) is 46.8 Å². The third kappa shape index (κ3) is 5.25. The number of carbonyl (C=O) groups excluding carboxylic acids is 1. The molecule has 4 aliphatic rings. The van der Waals surface area contributed by atoms with Crippen molar-refractivity contribution in [1.82, 2.24) is 25.1 Å². The Morgan fingerprint density at radius 3 is 2.48 bits per heavy atom. The van der Waals surface area contributed by atoms with Crippen molar-refractivity contribution >= 4 is 17.7 Å². The number of carboxylic acid groups (broad SMARTS) is 1. The monoisotopic (exact) mass is 610 g/mol. The molecule has 1 amide bonds. The Kier molecular flexibility index (Phi) is 7.19. The van der Waals surface area contributed by atoms with Gasteiger partial charge in [-0.05, 0) is 79.1 Å². The first-order chi connectivity index (χ1) is 21.1. The second-order valence-corrected chi connectivity index (χ2v) is 12.5. The van der Waals surface area contributed by atoms with E-state index in [1.54, 1.807) is 12.4 Å². The minimum Gasteiger partial charge on any atom is -0.480 e. The fourth-order valence-corrected chi connectivity index (χ4v) is 6.48. The average molecular weight is 611 g/mol. The van der Waals surface area contributed by atoms with Crippen LogP contribution in [0.1, 0.15) is 94.1 Å². The summed E-state index contributed by atoms with van der Waals surface area (Å²) in [5, 5.41) is 21.3. The van der Waals surface area contributed by atoms with Crippen molar-refractivity contribution < 1.29 is 32.6 Å². The van der Waals surface area contributed by atoms with Gasteiger partial charge in [-0.25, -0.2) is 4.98 Å². The summed E-state index contributed by atoms with van der Waals surface area (Å²) in [6, 6.07) is 4.59. The molecule has 7 rings (SSSR count). The number of aromatic nitrogens is 4. The average Bonchev–Trinajstić information content (AvgIpc) is 3.62. The number of amides is 1. The van der Waals surface area contributed by atoms with Crippen molar-refractivity contribution in [3.8, 4) is 0 Å². The van der Waals surface area contributed by atoms with E-state index in [2.05, 4.69) is 15.5 Å². The van der Waals surface area contributed by atoms with E-state index in [1.807, 2.05) is 17.7 Å². The molecular formula is C31H33F3N6O4. The number of hydrogen-bond donors (Lipinski definition) is 2. The number of nitrogens with one attached hydrogen (secondary N) is 1. The van der Waals surface area contributed by atoms with Gasteiger partial charge < -0.3 is 19.7 Å². The first kappa shape index (κ1) is 28.9. The normalized spacial score (nSPS) is 20.3. The third-order valence-electron chi connectivity index (χ3n) is 9.43. The SMILES string of the molecule is Cn1cnnc1C(c1cc(C2CC2)nc(N2Cc3c(cc(C(NCC4CCC4)C(=O)O)cc3C(F)(F)F)C2=O)c1)C1COC1. The molecule has 2 atom stereocenters. The van der Waals surface area contributed by atoms with Crippen LogP contribution in [0.2, 0.25) is 0 Å². The van der Waals surface area contributed by atoms with Gasteiger partial charge in [0, 0.05) is 30.1 Å². The van der Waals surface area contributed by atoms with E-state index in [1.165, 1.54) is 11.0 Å². The van der Waals surface area contributed by atoms with Crippen LogP contribution in [-0.2, 0) is 29.3 Å². The van der Waals surface area contributed by atoms with E-state index in [9.17, 15) is 27.9 Å². The maximum Gasteiger partial charge on any atom is 0.416 e. The van der Waals surface area contributed by atoms with Crippen molar-refractivity contribution in [3.63, 3.8) is 0 Å². The Hall–Kier alpha value is -3.84. The number of ether oxygens (including phenoxy) is 1. The van der Waals surface area contributed by atoms with Gasteiger partial charge in [0.1, 0.15) is 24.0 Å². The van der Waals surface area contributed by atoms with Crippen LogP contribution in [0.25, 0.3) is 0 Å². The Balaban J connectivity index is 1.28. The minimum absolute atomic E-state index is 0.0918. The zero-order valence-corrected chi connectivity index (χ0v) is 24.2. The van der Waals surface area contributed by atoms with E-state index >= 15 is 0 Å². The number of halogens is 3. The Morgan fingerprint density at radius 2 is 1.91 bits per heavy atom. The van der Waals surface area contributed by atoms with Gasteiger partial charge in [0.15, 0.2) is 0 Å². The number of hydrogen-bond acceptors (Lipinski definition) is 7. The molecule has 1 aromatic carbocycles. The second-order valence-electron chi connectivity index (χ2n) is 12.5. The van der Waals surface area contributed by atoms with Crippen LogP contribution < -0.4 is 10.2 Å². The predicted molar refractivity (Wildman–Crippen MR) is 151 cm³/mol. The second kappa shape index (κ2) is 11.0. The lowest BCUT2D eigenvalue weighted by molar-refractivity contribution is -0.141. The fraction of sp³-hybridized carbons (Fsp3) is 0.516. The summed E-state index contributed by atoms with van der Waals surface area (Å²) in [4.78, 5) is 32.2. The fourth-order valence-electron chi connectivity index (χ4n) is 6.48. The predicted octanol–water partition coefficient (Wildman–Crippen LogP) is 4.56. The summed E-state index contributed by atoms with van der Waals surface area (Å²) in [5.41, 5.74) is 0.228. The van der Waals surface area contributed by atoms with Gasteiger partial charge in [-0.2, -0.15) is 13.2 Å². The van der Waals surface area contributed by atoms with Gasteiger partial charge in [-0.15, -0.1) is 10.2 Å². The van der Waals surface area contributed by atoms with Gasteiger partial charge in [0.2, 0.25) is 0 Å². The molecule has 2 N–H and O–H groups in total. The number of aliphatic carboxylic acids is 1. The number of rotatable bonds is 10. The lowest BCUT2D eigenvalue weighted by Crippen LogP contribution is -2.35. The number of carbonyl (C=O) groups is 2. The number of aryl methyl sites for hydroxylation is 1. The molecule has 2 aliphatic carbocycles. The van der Waals surface area contributed by atoms with Crippen molar-refractivity contribution in [2.24, 2.45) is 18.9 Å². The minimum atomic E-state index is -4.79. The quantitative estimate of drug-likeness (QED) is 0.343. The van der Waals surface area contributed by atoms with Crippen LogP contribution >= 0.6 is 0 Å². The smallest absolute Gasteiger partial charge is 0.416 e. The molecule has 0 spiro atoms. The number of alkyl halides is 3. The summed E-state index contributed by atoms with van der Waals surface area (Å²) in [6.07, 6.45) is 1.66. The summed E-state index contributed by atoms with van der Waals surface area (Å²) in [5.74, 6) is -0.514. The Bertz CT molecular complexity index is 1610. The van der Waals surface area contributed by atoms with Crippen molar-refractivity contribution in [3.05, 3.63) is 69.9 Å². The molecule has 13 heteroatoms. The van der Waals surface area contributed by atoms with Gasteiger partial charge in [0.25, 0.3) is 5.91 Å². The Labute approximate surface area is 251 Å². The molecule has 232 valence electrons. The highest BCUT2D eigenvalue weighted by Gasteiger charge is 2.43. The molecule has 2 aromatic heterocycles. The summed E-state index contributed by atoms with van der Waals surface area (Å²) < 4.78 is 50.7. The van der Waals surface area contributed by atoms with Gasteiger partial charge >= 0.3 is 12.1 Å². The van der Waals surface area contributed by atoms with Gasteiger partial charge in [-0.3, -0.25) is 14.5 Å². The molecule has 3 aromatic rings. The van der Waals surface area contributed by atoms with E-state index in [0.29, 0.717) is 25.7 Å². The summed E-state index contributed by atoms with van der Waals surface area (Å²) >= 11 is 0. The van der Waals surface area contributed by atoms with E-state index < -0.39 is 29.7 Å². The number of benzene rings is 1. The summed E-state index contributed by atoms with van der Waals surface area (Å²) in [7, 11) is 1.86. The highest BCUT2D eigenvalue weighted by atomic mass is 19.4. The van der Waals surface area contributed by atoms with Crippen LogP contribution in [0.15, 0.2) is 30.6 Å². The molecule has 10 nitrogen and oxygen atoms in total. The topological polar surface area (TPSA) is 122 Å². The van der Waals surface area contributed by atoms with Crippen LogP contribution in [0.3, 0.4) is 0 Å². The van der Waals surface area contributed by atoms with Crippen molar-refractivity contribution in [2.75, 3.05) is 24.7 Å². The summed E-state index contributed by atoms with van der Waals surface area (Å²) in [6.45, 7) is 1.12. The standard InChI is InChI=1S/C31H33F3N6O4/c1-39-15-36-38-28(39)26(20-13-44-14-20)18-9-24(17-5-6-17)37-25(10-18)40-12-22-21(29(40)41)7-19(8-23(22)31(32,33)34)27(30(42)43)35-11-16-3-2-4-16/h7-10,15-17,20,26-27,35H,2-6,11-14H2,1H3,(H,42,43). The van der Waals surface area contributed by atoms with Crippen LogP contribution in [-0.4, -0.2) is 56.5 Å². The highest BCUT2D eigenvalue weighted by molar-refractivity contribution is 6.10. The van der Waals surface area contributed by atoms with E-state index in [0.717, 1.165) is 55.3 Å². The van der Waals surface area contributed by atoms with Crippen molar-refractivity contribution in [1.29, 1.82) is 0 Å². The van der Waals surface area contributed by atoms with E-state index in [4.69, 9.17) is 9.72 Å². The number of fused-ring (bicyclic) bond motifs is 1. The zero-order chi connectivity index (χ0) is 30.7. The number of nitrogens with zero attached hydrogens (tertiary/aromatic N) is 5. The maximum absolute atomic E-state index is 14.5. The first-order valence-corrected chi connectivity index (χ1v) is 15.0. The van der Waals surface area contributed by atoms with Gasteiger partial charge in [-0.1, -0.05) is 6.42 Å². The molecule has 2 unspecified atom stereocenters. The highest BCUT2D eigenvalue weighted by Crippen LogP contribution is 2.45. The lowest BCUT2D eigenvalue weighted by Gasteiger charge is -2.34. The Morgan fingerprint density at radius 1 is 1.14 bits per heavy atom. The zero-order valence-electron chi connectivity index (χ0n) is 24.2. The molecule has 3 fully saturated rings. The molecule has 0 bridgehead atoms. The molecule has 4 heterocycles. The third-order valence-corrected chi connectivity index (χ3v) is 9.43. The maximum atomic E-state index is 14.5. The molecular weight excluding hydrogens is 577 g/mol. The number of pyridine rings is 1. The van der Waals surface area contributed by atoms with Crippen LogP contribution in [0, 0.1) is 11.8 Å². The molecule has 44 heavy (non-hydrogen) atoms.